The maximum absolute atomic E-state index is 12.8. The van der Waals surface area contributed by atoms with Crippen LogP contribution in [0.1, 0.15) is 20.7 Å². The average Bonchev–Trinajstić information content (AvgIpc) is 2.52. The molecule has 0 unspecified atom stereocenters. The Kier molecular flexibility index (Phi) is 5.41. The molecular weight excluding hydrogens is 346 g/mol. The monoisotopic (exact) mass is 356 g/mol. The smallest absolute Gasteiger partial charge is 0.269 e. The molecule has 0 aliphatic carbocycles. The van der Waals surface area contributed by atoms with Crippen molar-refractivity contribution < 1.29 is 18.7 Å². The molecule has 0 saturated carbocycles. The second-order valence-electron chi connectivity index (χ2n) is 4.39. The van der Waals surface area contributed by atoms with Crippen molar-refractivity contribution in [1.29, 1.82) is 0 Å². The van der Waals surface area contributed by atoms with Gasteiger partial charge in [-0.3, -0.25) is 20.4 Å². The van der Waals surface area contributed by atoms with Crippen molar-refractivity contribution >= 4 is 35.0 Å². The van der Waals surface area contributed by atoms with Crippen LogP contribution in [-0.2, 0) is 0 Å². The van der Waals surface area contributed by atoms with Crippen molar-refractivity contribution in [3.63, 3.8) is 0 Å². The summed E-state index contributed by atoms with van der Waals surface area (Å²) in [4.78, 5) is 23.8. The molecule has 2 amide bonds. The average molecular weight is 357 g/mol. The van der Waals surface area contributed by atoms with Gasteiger partial charge in [-0.25, -0.2) is 4.39 Å². The standard InChI is InChI=1S/C15H11Cl2FN2O3/c1-23-13-11(16)6-9(7-12(13)17)15(22)20-19-14(21)8-2-4-10(18)5-3-8/h2-7H,1H3,(H,19,21)(H,20,22). The van der Waals surface area contributed by atoms with Gasteiger partial charge in [0.2, 0.25) is 0 Å². The zero-order chi connectivity index (χ0) is 17.0. The van der Waals surface area contributed by atoms with Gasteiger partial charge in [-0.2, -0.15) is 0 Å². The second-order valence-corrected chi connectivity index (χ2v) is 5.20. The number of rotatable bonds is 3. The van der Waals surface area contributed by atoms with Crippen LogP contribution in [0.4, 0.5) is 4.39 Å². The van der Waals surface area contributed by atoms with E-state index in [1.807, 2.05) is 0 Å². The van der Waals surface area contributed by atoms with Gasteiger partial charge in [-0.15, -0.1) is 0 Å². The SMILES string of the molecule is COc1c(Cl)cc(C(=O)NNC(=O)c2ccc(F)cc2)cc1Cl. The molecule has 0 aliphatic heterocycles. The molecule has 5 nitrogen and oxygen atoms in total. The van der Waals surface area contributed by atoms with Gasteiger partial charge in [-0.1, -0.05) is 23.2 Å². The van der Waals surface area contributed by atoms with Crippen LogP contribution in [0.2, 0.25) is 10.0 Å². The predicted octanol–water partition coefficient (Wildman–Crippen LogP) is 3.22. The van der Waals surface area contributed by atoms with E-state index >= 15 is 0 Å². The summed E-state index contributed by atoms with van der Waals surface area (Å²) in [5.41, 5.74) is 4.75. The predicted molar refractivity (Wildman–Crippen MR) is 84.3 cm³/mol. The maximum atomic E-state index is 12.8. The van der Waals surface area contributed by atoms with Crippen molar-refractivity contribution in [2.45, 2.75) is 0 Å². The quantitative estimate of drug-likeness (QED) is 0.829. The lowest BCUT2D eigenvalue weighted by molar-refractivity contribution is 0.0846. The van der Waals surface area contributed by atoms with Crippen LogP contribution >= 0.6 is 23.2 Å². The number of hydrogen-bond donors (Lipinski definition) is 2. The highest BCUT2D eigenvalue weighted by Gasteiger charge is 2.14. The minimum atomic E-state index is -0.619. The van der Waals surface area contributed by atoms with E-state index in [9.17, 15) is 14.0 Å². The van der Waals surface area contributed by atoms with Gasteiger partial charge in [-0.05, 0) is 36.4 Å². The van der Waals surface area contributed by atoms with Gasteiger partial charge in [0.15, 0.2) is 5.75 Å². The van der Waals surface area contributed by atoms with Gasteiger partial charge >= 0.3 is 0 Å². The first-order valence-corrected chi connectivity index (χ1v) is 7.07. The molecular formula is C15H11Cl2FN2O3. The van der Waals surface area contributed by atoms with Crippen LogP contribution < -0.4 is 15.6 Å². The van der Waals surface area contributed by atoms with Gasteiger partial charge in [0, 0.05) is 11.1 Å². The number of halogens is 3. The molecule has 2 N–H and O–H groups in total. The van der Waals surface area contributed by atoms with Crippen LogP contribution in [0.5, 0.6) is 5.75 Å². The fourth-order valence-electron chi connectivity index (χ4n) is 1.75. The molecule has 0 aliphatic rings. The Labute approximate surface area is 141 Å². The molecule has 0 aromatic heterocycles. The summed E-state index contributed by atoms with van der Waals surface area (Å²) in [6.45, 7) is 0. The van der Waals surface area contributed by atoms with Crippen molar-refractivity contribution in [1.82, 2.24) is 10.9 Å². The number of carbonyl (C=O) groups is 2. The summed E-state index contributed by atoms with van der Waals surface area (Å²) >= 11 is 11.9. The Morgan fingerprint density at radius 2 is 1.43 bits per heavy atom. The Morgan fingerprint density at radius 1 is 0.957 bits per heavy atom. The molecule has 0 fully saturated rings. The van der Waals surface area contributed by atoms with E-state index in [0.717, 1.165) is 12.1 Å². The topological polar surface area (TPSA) is 67.4 Å². The van der Waals surface area contributed by atoms with Gasteiger partial charge in [0.05, 0.1) is 17.2 Å². The first-order chi connectivity index (χ1) is 10.9. The third-order valence-electron chi connectivity index (χ3n) is 2.86. The number of ether oxygens (including phenoxy) is 1. The number of methoxy groups -OCH3 is 1. The van der Waals surface area contributed by atoms with Gasteiger partial charge in [0.25, 0.3) is 11.8 Å². The number of hydrazine groups is 1. The summed E-state index contributed by atoms with van der Waals surface area (Å²) in [5, 5.41) is 0.324. The molecule has 0 spiro atoms. The molecule has 23 heavy (non-hydrogen) atoms. The maximum Gasteiger partial charge on any atom is 0.269 e. The minimum Gasteiger partial charge on any atom is -0.494 e. The zero-order valence-corrected chi connectivity index (χ0v) is 13.3. The van der Waals surface area contributed by atoms with Crippen LogP contribution in [0, 0.1) is 5.82 Å². The molecule has 2 rings (SSSR count). The number of nitrogens with one attached hydrogen (secondary N) is 2. The second kappa shape index (κ2) is 7.30. The van der Waals surface area contributed by atoms with Crippen molar-refractivity contribution in [3.8, 4) is 5.75 Å². The van der Waals surface area contributed by atoms with Crippen molar-refractivity contribution in [2.24, 2.45) is 0 Å². The molecule has 0 saturated heterocycles. The fraction of sp³-hybridized carbons (Fsp3) is 0.0667. The van der Waals surface area contributed by atoms with Crippen molar-refractivity contribution in [2.75, 3.05) is 7.11 Å². The highest BCUT2D eigenvalue weighted by atomic mass is 35.5. The van der Waals surface area contributed by atoms with Crippen LogP contribution in [0.25, 0.3) is 0 Å². The lowest BCUT2D eigenvalue weighted by atomic mass is 10.2. The fourth-order valence-corrected chi connectivity index (χ4v) is 2.39. The number of benzene rings is 2. The highest BCUT2D eigenvalue weighted by Crippen LogP contribution is 2.33. The molecule has 2 aromatic carbocycles. The van der Waals surface area contributed by atoms with E-state index in [2.05, 4.69) is 10.9 Å². The van der Waals surface area contributed by atoms with E-state index in [1.165, 1.54) is 31.4 Å². The summed E-state index contributed by atoms with van der Waals surface area (Å²) in [6, 6.07) is 7.56. The molecule has 8 heteroatoms. The largest absolute Gasteiger partial charge is 0.494 e. The Bertz CT molecular complexity index is 728. The van der Waals surface area contributed by atoms with Crippen LogP contribution in [0.3, 0.4) is 0 Å². The Morgan fingerprint density at radius 3 is 1.91 bits per heavy atom. The third-order valence-corrected chi connectivity index (χ3v) is 3.42. The first-order valence-electron chi connectivity index (χ1n) is 6.31. The van der Waals surface area contributed by atoms with Crippen LogP contribution in [-0.4, -0.2) is 18.9 Å². The molecule has 120 valence electrons. The van der Waals surface area contributed by atoms with Gasteiger partial charge < -0.3 is 4.74 Å². The molecule has 0 heterocycles. The molecule has 0 bridgehead atoms. The Balaban J connectivity index is 2.05. The van der Waals surface area contributed by atoms with Crippen molar-refractivity contribution in [3.05, 3.63) is 63.4 Å². The van der Waals surface area contributed by atoms with Gasteiger partial charge in [0.1, 0.15) is 5.82 Å². The van der Waals surface area contributed by atoms with E-state index in [0.29, 0.717) is 0 Å². The molecule has 0 atom stereocenters. The van der Waals surface area contributed by atoms with E-state index in [4.69, 9.17) is 27.9 Å². The van der Waals surface area contributed by atoms with E-state index < -0.39 is 17.6 Å². The number of carbonyl (C=O) groups excluding carboxylic acids is 2. The van der Waals surface area contributed by atoms with E-state index in [-0.39, 0.29) is 26.9 Å². The third kappa shape index (κ3) is 4.12. The highest BCUT2D eigenvalue weighted by molar-refractivity contribution is 6.37. The molecule has 0 radical (unpaired) electrons. The van der Waals surface area contributed by atoms with Crippen LogP contribution in [0.15, 0.2) is 36.4 Å². The molecule has 2 aromatic rings. The summed E-state index contributed by atoms with van der Waals surface area (Å²) in [7, 11) is 1.40. The summed E-state index contributed by atoms with van der Waals surface area (Å²) in [6.07, 6.45) is 0. The van der Waals surface area contributed by atoms with E-state index in [1.54, 1.807) is 0 Å². The summed E-state index contributed by atoms with van der Waals surface area (Å²) < 4.78 is 17.8. The Hall–Kier alpha value is -2.31. The lowest BCUT2D eigenvalue weighted by Crippen LogP contribution is -2.41. The zero-order valence-electron chi connectivity index (χ0n) is 11.8. The normalized spacial score (nSPS) is 10.1. The minimum absolute atomic E-state index is 0.139. The summed E-state index contributed by atoms with van der Waals surface area (Å²) in [5.74, 6) is -1.43. The first kappa shape index (κ1) is 17.1. The number of hydrogen-bond acceptors (Lipinski definition) is 3. The number of amides is 2. The lowest BCUT2D eigenvalue weighted by Gasteiger charge is -2.10.